The predicted octanol–water partition coefficient (Wildman–Crippen LogP) is 3.87. The molecule has 0 radical (unpaired) electrons. The first kappa shape index (κ1) is 20.0. The molecule has 0 aliphatic heterocycles. The third-order valence-corrected chi connectivity index (χ3v) is 3.60. The molecule has 2 aromatic rings. The number of esters is 1. The minimum atomic E-state index is -0.481. The molecule has 0 N–H and O–H groups in total. The maximum absolute atomic E-state index is 12.3. The molecule has 0 saturated carbocycles. The van der Waals surface area contributed by atoms with Gasteiger partial charge in [-0.25, -0.2) is 4.79 Å². The summed E-state index contributed by atoms with van der Waals surface area (Å²) in [5, 5.41) is 8.44. The molecular formula is C21H21NO5. The van der Waals surface area contributed by atoms with Crippen LogP contribution in [0.2, 0.25) is 0 Å². The summed E-state index contributed by atoms with van der Waals surface area (Å²) >= 11 is 0. The molecule has 0 atom stereocenters. The van der Waals surface area contributed by atoms with Crippen molar-refractivity contribution in [3.8, 4) is 23.3 Å². The summed E-state index contributed by atoms with van der Waals surface area (Å²) in [7, 11) is 3.07. The predicted molar refractivity (Wildman–Crippen MR) is 101 cm³/mol. The number of benzene rings is 2. The molecule has 27 heavy (non-hydrogen) atoms. The van der Waals surface area contributed by atoms with Gasteiger partial charge < -0.3 is 18.9 Å². The second kappa shape index (κ2) is 10.6. The molecule has 2 rings (SSSR count). The summed E-state index contributed by atoms with van der Waals surface area (Å²) in [6, 6.07) is 13.9. The summed E-state index contributed by atoms with van der Waals surface area (Å²) in [4.78, 5) is 12.3. The van der Waals surface area contributed by atoms with Crippen molar-refractivity contribution in [2.24, 2.45) is 0 Å². The summed E-state index contributed by atoms with van der Waals surface area (Å²) in [6.45, 7) is 0.822. The Kier molecular flexibility index (Phi) is 7.89. The van der Waals surface area contributed by atoms with Crippen molar-refractivity contribution in [1.29, 1.82) is 5.26 Å². The number of carbonyl (C=O) groups is 1. The van der Waals surface area contributed by atoms with E-state index in [1.54, 1.807) is 43.5 Å². The van der Waals surface area contributed by atoms with Gasteiger partial charge in [-0.15, -0.1) is 0 Å². The average Bonchev–Trinajstić information content (AvgIpc) is 2.71. The van der Waals surface area contributed by atoms with Gasteiger partial charge >= 0.3 is 5.97 Å². The van der Waals surface area contributed by atoms with Crippen LogP contribution in [0.4, 0.5) is 0 Å². The molecule has 2 aromatic carbocycles. The molecule has 140 valence electrons. The monoisotopic (exact) mass is 367 g/mol. The van der Waals surface area contributed by atoms with Gasteiger partial charge in [0, 0.05) is 0 Å². The molecule has 0 spiro atoms. The van der Waals surface area contributed by atoms with Crippen LogP contribution >= 0.6 is 0 Å². The molecule has 0 saturated heterocycles. The highest BCUT2D eigenvalue weighted by atomic mass is 16.6. The van der Waals surface area contributed by atoms with E-state index in [4.69, 9.17) is 24.2 Å². The molecule has 6 heteroatoms. The van der Waals surface area contributed by atoms with E-state index in [-0.39, 0.29) is 0 Å². The molecule has 0 aliphatic rings. The van der Waals surface area contributed by atoms with Gasteiger partial charge in [-0.2, -0.15) is 5.26 Å². The highest BCUT2D eigenvalue weighted by Gasteiger charge is 2.12. The average molecular weight is 367 g/mol. The Morgan fingerprint density at radius 2 is 1.85 bits per heavy atom. The Morgan fingerprint density at radius 3 is 2.52 bits per heavy atom. The van der Waals surface area contributed by atoms with Crippen LogP contribution in [0, 0.1) is 11.3 Å². The lowest BCUT2D eigenvalue weighted by atomic mass is 10.2. The fourth-order valence-corrected chi connectivity index (χ4v) is 2.21. The lowest BCUT2D eigenvalue weighted by Crippen LogP contribution is -2.09. The van der Waals surface area contributed by atoms with Crippen molar-refractivity contribution in [3.63, 3.8) is 0 Å². The highest BCUT2D eigenvalue weighted by molar-refractivity contribution is 5.91. The number of ether oxygens (including phenoxy) is 4. The third kappa shape index (κ3) is 6.17. The van der Waals surface area contributed by atoms with E-state index in [0.29, 0.717) is 42.4 Å². The van der Waals surface area contributed by atoms with Gasteiger partial charge in [0.05, 0.1) is 45.5 Å². The molecular weight excluding hydrogens is 346 g/mol. The Hall–Kier alpha value is -3.30. The van der Waals surface area contributed by atoms with Crippen molar-refractivity contribution in [2.45, 2.75) is 6.42 Å². The second-order valence-corrected chi connectivity index (χ2v) is 5.41. The first-order chi connectivity index (χ1) is 13.2. The number of nitrogens with zero attached hydrogens (tertiary/aromatic N) is 1. The largest absolute Gasteiger partial charge is 0.497 e. The first-order valence-corrected chi connectivity index (χ1v) is 8.33. The van der Waals surface area contributed by atoms with Gasteiger partial charge in [-0.1, -0.05) is 18.2 Å². The molecule has 0 fully saturated rings. The summed E-state index contributed by atoms with van der Waals surface area (Å²) in [5.74, 6) is 0.965. The normalized spacial score (nSPS) is 10.4. The van der Waals surface area contributed by atoms with E-state index in [2.05, 4.69) is 0 Å². The SMILES string of the molecule is COc1ccc(C(=O)Oc2ccc(/C=C/COCCC#N)cc2OC)cc1. The van der Waals surface area contributed by atoms with Crippen LogP contribution in [0.1, 0.15) is 22.3 Å². The van der Waals surface area contributed by atoms with Gasteiger partial charge in [-0.05, 0) is 42.0 Å². The van der Waals surface area contributed by atoms with Crippen LogP contribution in [-0.4, -0.2) is 33.4 Å². The quantitative estimate of drug-likeness (QED) is 0.380. The molecule has 0 heterocycles. The molecule has 0 aliphatic carbocycles. The number of methoxy groups -OCH3 is 2. The number of hydrogen-bond donors (Lipinski definition) is 0. The number of rotatable bonds is 9. The third-order valence-electron chi connectivity index (χ3n) is 3.60. The standard InChI is InChI=1S/C21H21NO5/c1-24-18-9-7-17(8-10-18)21(23)27-19-11-6-16(15-20(19)25-2)5-3-13-26-14-4-12-22/h3,5-11,15H,4,13-14H2,1-2H3/b5-3+. The zero-order chi connectivity index (χ0) is 19.5. The smallest absolute Gasteiger partial charge is 0.343 e. The van der Waals surface area contributed by atoms with Crippen LogP contribution in [0.5, 0.6) is 17.2 Å². The molecule has 6 nitrogen and oxygen atoms in total. The number of nitriles is 1. The lowest BCUT2D eigenvalue weighted by Gasteiger charge is -2.10. The van der Waals surface area contributed by atoms with Crippen LogP contribution in [0.15, 0.2) is 48.5 Å². The zero-order valence-corrected chi connectivity index (χ0v) is 15.3. The van der Waals surface area contributed by atoms with Gasteiger partial charge in [0.15, 0.2) is 11.5 Å². The Bertz CT molecular complexity index is 821. The first-order valence-electron chi connectivity index (χ1n) is 8.33. The highest BCUT2D eigenvalue weighted by Crippen LogP contribution is 2.29. The second-order valence-electron chi connectivity index (χ2n) is 5.41. The maximum atomic E-state index is 12.3. The molecule has 0 amide bonds. The number of hydrogen-bond acceptors (Lipinski definition) is 6. The Balaban J connectivity index is 2.01. The minimum Gasteiger partial charge on any atom is -0.497 e. The van der Waals surface area contributed by atoms with Gasteiger partial charge in [0.1, 0.15) is 5.75 Å². The summed E-state index contributed by atoms with van der Waals surface area (Å²) in [5.41, 5.74) is 1.29. The molecule has 0 unspecified atom stereocenters. The van der Waals surface area contributed by atoms with E-state index in [1.807, 2.05) is 24.3 Å². The Morgan fingerprint density at radius 1 is 1.07 bits per heavy atom. The van der Waals surface area contributed by atoms with Crippen LogP contribution < -0.4 is 14.2 Å². The summed E-state index contributed by atoms with van der Waals surface area (Å²) < 4.78 is 21.1. The zero-order valence-electron chi connectivity index (χ0n) is 15.3. The minimum absolute atomic E-state index is 0.334. The van der Waals surface area contributed by atoms with E-state index in [9.17, 15) is 4.79 Å². The fourth-order valence-electron chi connectivity index (χ4n) is 2.21. The van der Waals surface area contributed by atoms with Gasteiger partial charge in [0.25, 0.3) is 0 Å². The molecule has 0 bridgehead atoms. The van der Waals surface area contributed by atoms with E-state index < -0.39 is 5.97 Å². The maximum Gasteiger partial charge on any atom is 0.343 e. The lowest BCUT2D eigenvalue weighted by molar-refractivity contribution is 0.0729. The van der Waals surface area contributed by atoms with Crippen LogP contribution in [0.3, 0.4) is 0 Å². The number of carbonyl (C=O) groups excluding carboxylic acids is 1. The summed E-state index contributed by atoms with van der Waals surface area (Å²) in [6.07, 6.45) is 4.08. The fraction of sp³-hybridized carbons (Fsp3) is 0.238. The molecule has 0 aromatic heterocycles. The van der Waals surface area contributed by atoms with Gasteiger partial charge in [0.2, 0.25) is 0 Å². The van der Waals surface area contributed by atoms with E-state index >= 15 is 0 Å². The topological polar surface area (TPSA) is 77.8 Å². The van der Waals surface area contributed by atoms with Crippen LogP contribution in [-0.2, 0) is 4.74 Å². The van der Waals surface area contributed by atoms with Crippen molar-refractivity contribution in [3.05, 3.63) is 59.7 Å². The van der Waals surface area contributed by atoms with Crippen molar-refractivity contribution >= 4 is 12.0 Å². The van der Waals surface area contributed by atoms with E-state index in [1.165, 1.54) is 7.11 Å². The van der Waals surface area contributed by atoms with Crippen molar-refractivity contribution in [1.82, 2.24) is 0 Å². The van der Waals surface area contributed by atoms with Crippen LogP contribution in [0.25, 0.3) is 6.08 Å². The van der Waals surface area contributed by atoms with E-state index in [0.717, 1.165) is 5.56 Å². The Labute approximate surface area is 158 Å². The van der Waals surface area contributed by atoms with Crippen molar-refractivity contribution < 1.29 is 23.7 Å². The van der Waals surface area contributed by atoms with Crippen molar-refractivity contribution in [2.75, 3.05) is 27.4 Å². The van der Waals surface area contributed by atoms with Gasteiger partial charge in [-0.3, -0.25) is 0 Å².